The second-order valence-electron chi connectivity index (χ2n) is 8.53. The molecule has 2 aliphatic heterocycles. The van der Waals surface area contributed by atoms with Crippen LogP contribution in [0.4, 0.5) is 11.5 Å². The van der Waals surface area contributed by atoms with Gasteiger partial charge in [0.15, 0.2) is 11.5 Å². The summed E-state index contributed by atoms with van der Waals surface area (Å²) in [6.45, 7) is 3.14. The van der Waals surface area contributed by atoms with Gasteiger partial charge in [0, 0.05) is 49.3 Å². The van der Waals surface area contributed by atoms with Gasteiger partial charge in [-0.05, 0) is 60.2 Å². The maximum absolute atomic E-state index is 6.00. The first kappa shape index (κ1) is 19.9. The maximum Gasteiger partial charge on any atom is 0.180 e. The van der Waals surface area contributed by atoms with Gasteiger partial charge in [0.05, 0.1) is 18.8 Å². The molecule has 0 unspecified atom stereocenters. The molecule has 6 rings (SSSR count). The highest BCUT2D eigenvalue weighted by atomic mass is 16.5. The topological polar surface area (TPSA) is 73.0 Å². The van der Waals surface area contributed by atoms with Gasteiger partial charge < -0.3 is 19.2 Å². The second-order valence-corrected chi connectivity index (χ2v) is 8.53. The van der Waals surface area contributed by atoms with Gasteiger partial charge >= 0.3 is 0 Å². The average molecular weight is 440 g/mol. The van der Waals surface area contributed by atoms with Gasteiger partial charge in [-0.15, -0.1) is 0 Å². The van der Waals surface area contributed by atoms with Gasteiger partial charge in [0.25, 0.3) is 0 Å². The van der Waals surface area contributed by atoms with Crippen molar-refractivity contribution < 1.29 is 9.47 Å². The number of hydrogen-bond donors (Lipinski definition) is 1. The maximum atomic E-state index is 6.00. The molecular weight excluding hydrogens is 414 g/mol. The van der Waals surface area contributed by atoms with Crippen LogP contribution in [0.15, 0.2) is 66.0 Å². The number of imidazole rings is 1. The number of ether oxygens (including phenoxy) is 2. The molecule has 0 amide bonds. The van der Waals surface area contributed by atoms with Gasteiger partial charge in [-0.2, -0.15) is 0 Å². The van der Waals surface area contributed by atoms with Crippen molar-refractivity contribution in [2.75, 3.05) is 25.1 Å². The first-order valence-corrected chi connectivity index (χ1v) is 11.4. The minimum atomic E-state index is 0.572. The summed E-state index contributed by atoms with van der Waals surface area (Å²) < 4.78 is 13.4. The van der Waals surface area contributed by atoms with Crippen molar-refractivity contribution >= 4 is 23.4 Å². The molecule has 7 heteroatoms. The summed E-state index contributed by atoms with van der Waals surface area (Å²) in [5.74, 6) is 2.16. The Morgan fingerprint density at radius 1 is 1.09 bits per heavy atom. The van der Waals surface area contributed by atoms with E-state index in [1.54, 1.807) is 6.20 Å². The number of aliphatic imine (C=N–C) groups is 1. The van der Waals surface area contributed by atoms with Crippen molar-refractivity contribution in [3.63, 3.8) is 0 Å². The molecule has 166 valence electrons. The van der Waals surface area contributed by atoms with Crippen LogP contribution >= 0.6 is 0 Å². The minimum absolute atomic E-state index is 0.572. The van der Waals surface area contributed by atoms with Crippen molar-refractivity contribution in [3.05, 3.63) is 72.2 Å². The van der Waals surface area contributed by atoms with Gasteiger partial charge in [-0.1, -0.05) is 12.1 Å². The van der Waals surface area contributed by atoms with E-state index in [1.807, 2.05) is 47.3 Å². The normalized spacial score (nSPS) is 15.6. The van der Waals surface area contributed by atoms with Crippen LogP contribution in [0.5, 0.6) is 5.75 Å². The molecule has 2 aromatic carbocycles. The predicted molar refractivity (Wildman–Crippen MR) is 128 cm³/mol. The zero-order chi connectivity index (χ0) is 22.0. The lowest BCUT2D eigenvalue weighted by Gasteiger charge is -2.22. The average Bonchev–Trinajstić information content (AvgIpc) is 3.53. The summed E-state index contributed by atoms with van der Waals surface area (Å²) >= 11 is 0. The van der Waals surface area contributed by atoms with Crippen molar-refractivity contribution in [2.24, 2.45) is 10.9 Å². The third kappa shape index (κ3) is 4.19. The number of anilines is 2. The van der Waals surface area contributed by atoms with E-state index >= 15 is 0 Å². The number of hydrogen-bond acceptors (Lipinski definition) is 6. The van der Waals surface area contributed by atoms with E-state index in [4.69, 9.17) is 14.5 Å². The number of rotatable bonds is 6. The summed E-state index contributed by atoms with van der Waals surface area (Å²) in [5, 5.41) is 3.44. The van der Waals surface area contributed by atoms with E-state index in [-0.39, 0.29) is 0 Å². The highest BCUT2D eigenvalue weighted by Gasteiger charge is 2.15. The molecule has 7 nitrogen and oxygen atoms in total. The number of nitrogens with one attached hydrogen (secondary N) is 1. The molecule has 0 saturated carbocycles. The number of benzene rings is 2. The molecule has 1 N–H and O–H groups in total. The molecule has 0 atom stereocenters. The molecule has 2 aliphatic rings. The summed E-state index contributed by atoms with van der Waals surface area (Å²) in [4.78, 5) is 13.8. The molecule has 4 heterocycles. The Labute approximate surface area is 192 Å². The van der Waals surface area contributed by atoms with Crippen molar-refractivity contribution in [1.82, 2.24) is 14.4 Å². The standard InChI is InChI=1S/C26H25N5O2/c1-2-20-14-27-15-21(20)13-19(1)24-16-31-10-9-28-26(31)25(30-24)29-22-3-5-23(6-4-22)33-17-18-7-11-32-12-8-18/h1-6,9-10,13-14,16,18H,7-8,11-12,15,17H2,(H,29,30). The Bertz CT molecular complexity index is 1310. The van der Waals surface area contributed by atoms with Gasteiger partial charge in [0.1, 0.15) is 5.75 Å². The number of fused-ring (bicyclic) bond motifs is 2. The molecule has 0 bridgehead atoms. The Morgan fingerprint density at radius 2 is 1.97 bits per heavy atom. The number of nitrogens with zero attached hydrogens (tertiary/aromatic N) is 4. The first-order chi connectivity index (χ1) is 16.3. The van der Waals surface area contributed by atoms with Crippen LogP contribution in [0.25, 0.3) is 16.9 Å². The lowest BCUT2D eigenvalue weighted by atomic mass is 10.0. The van der Waals surface area contributed by atoms with Gasteiger partial charge in [-0.25, -0.2) is 9.97 Å². The Hall–Kier alpha value is -3.71. The monoisotopic (exact) mass is 439 g/mol. The van der Waals surface area contributed by atoms with Crippen LogP contribution in [0.1, 0.15) is 24.0 Å². The van der Waals surface area contributed by atoms with Crippen molar-refractivity contribution in [2.45, 2.75) is 19.4 Å². The fraction of sp³-hybridized carbons (Fsp3) is 0.269. The van der Waals surface area contributed by atoms with Gasteiger partial charge in [0.2, 0.25) is 0 Å². The predicted octanol–water partition coefficient (Wildman–Crippen LogP) is 4.88. The lowest BCUT2D eigenvalue weighted by Crippen LogP contribution is -2.21. The van der Waals surface area contributed by atoms with E-state index in [0.717, 1.165) is 67.5 Å². The lowest BCUT2D eigenvalue weighted by molar-refractivity contribution is 0.0497. The van der Waals surface area contributed by atoms with Crippen LogP contribution in [0.3, 0.4) is 0 Å². The molecular formula is C26H25N5O2. The van der Waals surface area contributed by atoms with Crippen LogP contribution in [0, 0.1) is 5.92 Å². The van der Waals surface area contributed by atoms with E-state index in [9.17, 15) is 0 Å². The van der Waals surface area contributed by atoms with Crippen LogP contribution < -0.4 is 10.1 Å². The minimum Gasteiger partial charge on any atom is -0.493 e. The Morgan fingerprint density at radius 3 is 2.85 bits per heavy atom. The molecule has 0 spiro atoms. The van der Waals surface area contributed by atoms with Crippen LogP contribution in [-0.2, 0) is 11.3 Å². The molecule has 0 aliphatic carbocycles. The first-order valence-electron chi connectivity index (χ1n) is 11.4. The van der Waals surface area contributed by atoms with E-state index in [0.29, 0.717) is 11.7 Å². The van der Waals surface area contributed by atoms with Crippen LogP contribution in [0.2, 0.25) is 0 Å². The van der Waals surface area contributed by atoms with Gasteiger partial charge in [-0.3, -0.25) is 4.99 Å². The molecule has 2 aromatic heterocycles. The van der Waals surface area contributed by atoms with E-state index in [2.05, 4.69) is 33.5 Å². The highest BCUT2D eigenvalue weighted by molar-refractivity contribution is 5.86. The zero-order valence-electron chi connectivity index (χ0n) is 18.3. The Balaban J connectivity index is 1.22. The van der Waals surface area contributed by atoms with Crippen LogP contribution in [-0.4, -0.2) is 40.4 Å². The zero-order valence-corrected chi connectivity index (χ0v) is 18.3. The SMILES string of the molecule is C1=NCc2cc(-c3cn4ccnc4c(Nc4ccc(OCC5CCOCC5)cc4)n3)ccc21. The number of aromatic nitrogens is 3. The molecule has 4 aromatic rings. The fourth-order valence-electron chi connectivity index (χ4n) is 4.32. The fourth-order valence-corrected chi connectivity index (χ4v) is 4.32. The smallest absolute Gasteiger partial charge is 0.180 e. The van der Waals surface area contributed by atoms with Crippen molar-refractivity contribution in [3.8, 4) is 17.0 Å². The quantitative estimate of drug-likeness (QED) is 0.464. The summed E-state index contributed by atoms with van der Waals surface area (Å²) in [6.07, 6.45) is 9.80. The Kier molecular flexibility index (Phi) is 5.24. The summed E-state index contributed by atoms with van der Waals surface area (Å²) in [7, 11) is 0. The van der Waals surface area contributed by atoms with E-state index < -0.39 is 0 Å². The molecule has 1 fully saturated rings. The largest absolute Gasteiger partial charge is 0.493 e. The molecule has 1 saturated heterocycles. The van der Waals surface area contributed by atoms with Crippen molar-refractivity contribution in [1.29, 1.82) is 0 Å². The third-order valence-electron chi connectivity index (χ3n) is 6.25. The molecule has 33 heavy (non-hydrogen) atoms. The highest BCUT2D eigenvalue weighted by Crippen LogP contribution is 2.28. The third-order valence-corrected chi connectivity index (χ3v) is 6.25. The van der Waals surface area contributed by atoms with E-state index in [1.165, 1.54) is 11.1 Å². The summed E-state index contributed by atoms with van der Waals surface area (Å²) in [6, 6.07) is 14.4. The second kappa shape index (κ2) is 8.67. The molecule has 0 radical (unpaired) electrons. The summed E-state index contributed by atoms with van der Waals surface area (Å²) in [5.41, 5.74) is 6.07.